The summed E-state index contributed by atoms with van der Waals surface area (Å²) in [6.45, 7) is 7.25. The van der Waals surface area contributed by atoms with Gasteiger partial charge >= 0.3 is 0 Å². The summed E-state index contributed by atoms with van der Waals surface area (Å²) in [5, 5.41) is 8.32. The fourth-order valence-corrected chi connectivity index (χ4v) is 1.71. The van der Waals surface area contributed by atoms with Gasteiger partial charge in [0.2, 0.25) is 0 Å². The molecule has 1 atom stereocenters. The summed E-state index contributed by atoms with van der Waals surface area (Å²) in [5.41, 5.74) is 5.72. The zero-order chi connectivity index (χ0) is 11.3. The molecule has 4 nitrogen and oxygen atoms in total. The van der Waals surface area contributed by atoms with Crippen molar-refractivity contribution in [3.63, 3.8) is 0 Å². The van der Waals surface area contributed by atoms with Gasteiger partial charge in [-0.05, 0) is 33.1 Å². The molecule has 2 N–H and O–H groups in total. The lowest BCUT2D eigenvalue weighted by molar-refractivity contribution is 0.575. The third-order valence-electron chi connectivity index (χ3n) is 2.52. The molecule has 86 valence electrons. The Labute approximate surface area is 91.9 Å². The van der Waals surface area contributed by atoms with Crippen molar-refractivity contribution in [2.24, 2.45) is 5.73 Å². The summed E-state index contributed by atoms with van der Waals surface area (Å²) in [4.78, 5) is 0. The maximum atomic E-state index is 5.72. The smallest absolute Gasteiger partial charge is 0.132 e. The van der Waals surface area contributed by atoms with Crippen LogP contribution in [0.4, 0.5) is 0 Å². The monoisotopic (exact) mass is 210 g/mol. The number of nitrogens with zero attached hydrogens (tertiary/aromatic N) is 3. The number of nitrogens with two attached hydrogens (primary N) is 1. The zero-order valence-corrected chi connectivity index (χ0v) is 10.0. The Morgan fingerprint density at radius 1 is 1.40 bits per heavy atom. The maximum Gasteiger partial charge on any atom is 0.132 e. The van der Waals surface area contributed by atoms with E-state index in [0.29, 0.717) is 0 Å². The summed E-state index contributed by atoms with van der Waals surface area (Å²) in [6, 6.07) is 0.286. The molecule has 1 aromatic rings. The van der Waals surface area contributed by atoms with Gasteiger partial charge in [0.25, 0.3) is 0 Å². The molecule has 0 saturated carbocycles. The van der Waals surface area contributed by atoms with Crippen molar-refractivity contribution < 1.29 is 0 Å². The van der Waals surface area contributed by atoms with E-state index in [1.807, 2.05) is 13.8 Å². The number of rotatable bonds is 6. The minimum atomic E-state index is 0.286. The van der Waals surface area contributed by atoms with E-state index in [1.165, 1.54) is 0 Å². The molecule has 0 aliphatic rings. The molecule has 0 saturated heterocycles. The zero-order valence-electron chi connectivity index (χ0n) is 10.0. The van der Waals surface area contributed by atoms with Crippen LogP contribution in [0.5, 0.6) is 0 Å². The van der Waals surface area contributed by atoms with Crippen LogP contribution in [0.2, 0.25) is 0 Å². The van der Waals surface area contributed by atoms with Crippen molar-refractivity contribution in [1.29, 1.82) is 0 Å². The number of aryl methyl sites for hydroxylation is 2. The van der Waals surface area contributed by atoms with Gasteiger partial charge in [0.15, 0.2) is 0 Å². The van der Waals surface area contributed by atoms with Gasteiger partial charge in [0, 0.05) is 19.0 Å². The summed E-state index contributed by atoms with van der Waals surface area (Å²) in [7, 11) is 0. The SMILES string of the molecule is CCCn1c(C)nnc1CCCC(C)N. The molecule has 0 radical (unpaired) electrons. The van der Waals surface area contributed by atoms with Crippen LogP contribution in [-0.4, -0.2) is 20.8 Å². The molecular formula is C11H22N4. The second kappa shape index (κ2) is 5.85. The lowest BCUT2D eigenvalue weighted by Gasteiger charge is -2.07. The predicted molar refractivity (Wildman–Crippen MR) is 61.6 cm³/mol. The predicted octanol–water partition coefficient (Wildman–Crippen LogP) is 1.67. The molecule has 0 bridgehead atoms. The van der Waals surface area contributed by atoms with E-state index >= 15 is 0 Å². The van der Waals surface area contributed by atoms with Gasteiger partial charge in [-0.25, -0.2) is 0 Å². The maximum absolute atomic E-state index is 5.72. The first-order valence-corrected chi connectivity index (χ1v) is 5.79. The van der Waals surface area contributed by atoms with E-state index in [2.05, 4.69) is 21.7 Å². The number of hydrogen-bond donors (Lipinski definition) is 1. The normalized spacial score (nSPS) is 13.1. The van der Waals surface area contributed by atoms with Gasteiger partial charge in [0.1, 0.15) is 11.6 Å². The molecule has 0 aliphatic heterocycles. The van der Waals surface area contributed by atoms with E-state index in [0.717, 1.165) is 43.9 Å². The van der Waals surface area contributed by atoms with Crippen LogP contribution in [0, 0.1) is 6.92 Å². The van der Waals surface area contributed by atoms with Gasteiger partial charge in [-0.3, -0.25) is 0 Å². The topological polar surface area (TPSA) is 56.7 Å². The van der Waals surface area contributed by atoms with E-state index in [1.54, 1.807) is 0 Å². The van der Waals surface area contributed by atoms with E-state index in [-0.39, 0.29) is 6.04 Å². The summed E-state index contributed by atoms with van der Waals surface area (Å²) in [5.74, 6) is 2.13. The van der Waals surface area contributed by atoms with Crippen LogP contribution >= 0.6 is 0 Å². The minimum Gasteiger partial charge on any atom is -0.328 e. The molecule has 0 aliphatic carbocycles. The van der Waals surface area contributed by atoms with E-state index in [9.17, 15) is 0 Å². The Morgan fingerprint density at radius 3 is 2.73 bits per heavy atom. The highest BCUT2D eigenvalue weighted by molar-refractivity contribution is 4.94. The molecule has 1 rings (SSSR count). The fraction of sp³-hybridized carbons (Fsp3) is 0.818. The third kappa shape index (κ3) is 3.63. The van der Waals surface area contributed by atoms with Crippen molar-refractivity contribution >= 4 is 0 Å². The number of hydrogen-bond acceptors (Lipinski definition) is 3. The lowest BCUT2D eigenvalue weighted by Crippen LogP contribution is -2.15. The van der Waals surface area contributed by atoms with E-state index in [4.69, 9.17) is 5.73 Å². The van der Waals surface area contributed by atoms with Crippen molar-refractivity contribution in [2.45, 2.75) is 59.0 Å². The molecule has 0 aromatic carbocycles. The molecule has 0 fully saturated rings. The first-order valence-electron chi connectivity index (χ1n) is 5.79. The highest BCUT2D eigenvalue weighted by Gasteiger charge is 2.07. The van der Waals surface area contributed by atoms with Crippen LogP contribution in [-0.2, 0) is 13.0 Å². The summed E-state index contributed by atoms with van der Waals surface area (Å²) >= 11 is 0. The van der Waals surface area contributed by atoms with Gasteiger partial charge in [-0.2, -0.15) is 0 Å². The fourth-order valence-electron chi connectivity index (χ4n) is 1.71. The lowest BCUT2D eigenvalue weighted by atomic mass is 10.1. The highest BCUT2D eigenvalue weighted by Crippen LogP contribution is 2.07. The molecule has 1 unspecified atom stereocenters. The van der Waals surface area contributed by atoms with Crippen molar-refractivity contribution in [2.75, 3.05) is 0 Å². The van der Waals surface area contributed by atoms with Crippen LogP contribution in [0.3, 0.4) is 0 Å². The third-order valence-corrected chi connectivity index (χ3v) is 2.52. The van der Waals surface area contributed by atoms with Crippen molar-refractivity contribution in [3.8, 4) is 0 Å². The average Bonchev–Trinajstić information content (AvgIpc) is 2.50. The first-order chi connectivity index (χ1) is 7.15. The molecule has 15 heavy (non-hydrogen) atoms. The standard InChI is InChI=1S/C11H22N4/c1-4-8-15-10(3)13-14-11(15)7-5-6-9(2)12/h9H,4-8,12H2,1-3H3. The summed E-state index contributed by atoms with van der Waals surface area (Å²) in [6.07, 6.45) is 4.26. The minimum absolute atomic E-state index is 0.286. The molecule has 0 amide bonds. The van der Waals surface area contributed by atoms with Crippen LogP contribution < -0.4 is 5.73 Å². The molecule has 4 heteroatoms. The first kappa shape index (κ1) is 12.2. The Hall–Kier alpha value is -0.900. The molecular weight excluding hydrogens is 188 g/mol. The Kier molecular flexibility index (Phi) is 4.75. The van der Waals surface area contributed by atoms with Crippen molar-refractivity contribution in [3.05, 3.63) is 11.6 Å². The Morgan fingerprint density at radius 2 is 2.13 bits per heavy atom. The van der Waals surface area contributed by atoms with Gasteiger partial charge in [0.05, 0.1) is 0 Å². The van der Waals surface area contributed by atoms with Crippen LogP contribution in [0.15, 0.2) is 0 Å². The van der Waals surface area contributed by atoms with Gasteiger partial charge < -0.3 is 10.3 Å². The Bertz CT molecular complexity index is 291. The average molecular weight is 210 g/mol. The second-order valence-corrected chi connectivity index (χ2v) is 4.18. The van der Waals surface area contributed by atoms with Crippen LogP contribution in [0.1, 0.15) is 44.8 Å². The van der Waals surface area contributed by atoms with Crippen molar-refractivity contribution in [1.82, 2.24) is 14.8 Å². The summed E-state index contributed by atoms with van der Waals surface area (Å²) < 4.78 is 2.21. The largest absolute Gasteiger partial charge is 0.328 e. The second-order valence-electron chi connectivity index (χ2n) is 4.18. The van der Waals surface area contributed by atoms with E-state index < -0.39 is 0 Å². The molecule has 0 spiro atoms. The quantitative estimate of drug-likeness (QED) is 0.777. The van der Waals surface area contributed by atoms with Gasteiger partial charge in [-0.15, -0.1) is 10.2 Å². The molecule has 1 aromatic heterocycles. The highest BCUT2D eigenvalue weighted by atomic mass is 15.3. The Balaban J connectivity index is 2.52. The van der Waals surface area contributed by atoms with Crippen LogP contribution in [0.25, 0.3) is 0 Å². The van der Waals surface area contributed by atoms with Gasteiger partial charge in [-0.1, -0.05) is 6.92 Å². The molecule has 1 heterocycles. The number of aromatic nitrogens is 3.